The number of ether oxygens (including phenoxy) is 1. The minimum absolute atomic E-state index is 0.333. The van der Waals surface area contributed by atoms with Gasteiger partial charge < -0.3 is 9.72 Å². The van der Waals surface area contributed by atoms with E-state index in [2.05, 4.69) is 20.7 Å². The Labute approximate surface area is 99.5 Å². The number of aromatic amines is 1. The Morgan fingerprint density at radius 2 is 2.06 bits per heavy atom. The van der Waals surface area contributed by atoms with Crippen molar-refractivity contribution in [3.8, 4) is 5.75 Å². The molecule has 0 aliphatic carbocycles. The van der Waals surface area contributed by atoms with Crippen molar-refractivity contribution >= 4 is 32.8 Å². The third kappa shape index (κ3) is 2.99. The Kier molecular flexibility index (Phi) is 3.64. The summed E-state index contributed by atoms with van der Waals surface area (Å²) in [6.07, 6.45) is -4.16. The van der Waals surface area contributed by atoms with E-state index >= 15 is 0 Å². The molecule has 16 heavy (non-hydrogen) atoms. The molecule has 0 amide bonds. The van der Waals surface area contributed by atoms with E-state index in [4.69, 9.17) is 11.6 Å². The quantitative estimate of drug-likeness (QED) is 0.851. The van der Waals surface area contributed by atoms with Gasteiger partial charge in [-0.05, 0) is 27.5 Å². The predicted molar refractivity (Wildman–Crippen MR) is 51.6 cm³/mol. The largest absolute Gasteiger partial charge is 0.573 e. The number of hydrogen-bond donors (Lipinski definition) is 1. The van der Waals surface area contributed by atoms with Crippen LogP contribution in [0.2, 0.25) is 0 Å². The summed E-state index contributed by atoms with van der Waals surface area (Å²) < 4.78 is 38.8. The number of alkyl halides is 3. The Morgan fingerprint density at radius 3 is 2.50 bits per heavy atom. The lowest BCUT2D eigenvalue weighted by molar-refractivity contribution is -0.275. The van der Waals surface area contributed by atoms with Crippen LogP contribution < -0.4 is 10.3 Å². The summed E-state index contributed by atoms with van der Waals surface area (Å²) in [6, 6.07) is 0. The molecule has 0 saturated carbocycles. The van der Waals surface area contributed by atoms with Gasteiger partial charge in [0.15, 0.2) is 0 Å². The van der Waals surface area contributed by atoms with Crippen LogP contribution in [0.3, 0.4) is 0 Å². The van der Waals surface area contributed by atoms with E-state index in [1.807, 2.05) is 4.98 Å². The molecule has 1 N–H and O–H groups in total. The number of rotatable bonds is 2. The topological polar surface area (TPSA) is 59.2 Å². The van der Waals surface area contributed by atoms with E-state index in [9.17, 15) is 22.8 Å². The van der Waals surface area contributed by atoms with Crippen LogP contribution in [0.1, 0.15) is 10.4 Å². The fourth-order valence-corrected chi connectivity index (χ4v) is 1.66. The second-order valence-electron chi connectivity index (χ2n) is 2.50. The van der Waals surface area contributed by atoms with E-state index in [0.717, 1.165) is 6.20 Å². The third-order valence-corrected chi connectivity index (χ3v) is 2.41. The fourth-order valence-electron chi connectivity index (χ4n) is 0.839. The molecule has 0 bridgehead atoms. The highest BCUT2D eigenvalue weighted by Crippen LogP contribution is 2.29. The molecule has 1 heterocycles. The van der Waals surface area contributed by atoms with Crippen molar-refractivity contribution in [2.45, 2.75) is 6.36 Å². The summed E-state index contributed by atoms with van der Waals surface area (Å²) in [5.74, 6) is -1.07. The van der Waals surface area contributed by atoms with Gasteiger partial charge in [0, 0.05) is 6.20 Å². The van der Waals surface area contributed by atoms with Crippen molar-refractivity contribution in [3.05, 3.63) is 26.6 Å². The molecule has 1 aromatic heterocycles. The van der Waals surface area contributed by atoms with Crippen molar-refractivity contribution in [3.63, 3.8) is 0 Å². The maximum atomic E-state index is 11.9. The van der Waals surface area contributed by atoms with Crippen LogP contribution in [-0.2, 0) is 0 Å². The van der Waals surface area contributed by atoms with Crippen LogP contribution in [0.25, 0.3) is 0 Å². The van der Waals surface area contributed by atoms with Crippen molar-refractivity contribution in [2.24, 2.45) is 0 Å². The molecule has 1 rings (SSSR count). The molecule has 0 aromatic carbocycles. The maximum absolute atomic E-state index is 11.9. The molecule has 0 fully saturated rings. The minimum atomic E-state index is -5.04. The Hall–Kier alpha value is -1.02. The first-order chi connectivity index (χ1) is 7.22. The molecule has 0 aliphatic heterocycles. The van der Waals surface area contributed by atoms with Gasteiger partial charge in [-0.15, -0.1) is 13.2 Å². The lowest BCUT2D eigenvalue weighted by Crippen LogP contribution is -2.23. The van der Waals surface area contributed by atoms with Gasteiger partial charge in [0.05, 0.1) is 10.0 Å². The van der Waals surface area contributed by atoms with Gasteiger partial charge in [-0.25, -0.2) is 0 Å². The first-order valence-corrected chi connectivity index (χ1v) is 4.76. The number of hydrogen-bond acceptors (Lipinski definition) is 3. The smallest absolute Gasteiger partial charge is 0.399 e. The second kappa shape index (κ2) is 4.46. The normalized spacial score (nSPS) is 11.3. The molecule has 0 spiro atoms. The van der Waals surface area contributed by atoms with Gasteiger partial charge in [-0.2, -0.15) is 0 Å². The number of halogens is 5. The van der Waals surface area contributed by atoms with E-state index in [-0.39, 0.29) is 5.56 Å². The molecule has 0 aliphatic rings. The number of carbonyl (C=O) groups is 1. The zero-order valence-corrected chi connectivity index (χ0v) is 9.53. The molecular weight excluding hydrogens is 318 g/mol. The number of aromatic nitrogens is 1. The average molecular weight is 320 g/mol. The highest BCUT2D eigenvalue weighted by atomic mass is 79.9. The monoisotopic (exact) mass is 319 g/mol. The number of pyridine rings is 1. The minimum Gasteiger partial charge on any atom is -0.399 e. The summed E-state index contributed by atoms with van der Waals surface area (Å²) in [4.78, 5) is 23.7. The van der Waals surface area contributed by atoms with Crippen molar-refractivity contribution in [2.75, 3.05) is 0 Å². The summed E-state index contributed by atoms with van der Waals surface area (Å²) >= 11 is 7.71. The van der Waals surface area contributed by atoms with Crippen molar-refractivity contribution in [1.82, 2.24) is 4.98 Å². The highest BCUT2D eigenvalue weighted by Gasteiger charge is 2.34. The standard InChI is InChI=1S/C7H2BrClF3NO3/c8-3-2(5(9)14)1-13-6(15)4(3)16-7(10,11)12/h1H,(H,13,15). The van der Waals surface area contributed by atoms with Gasteiger partial charge in [0.25, 0.3) is 10.8 Å². The molecule has 0 unspecified atom stereocenters. The Bertz CT molecular complexity index is 485. The predicted octanol–water partition coefficient (Wildman–Crippen LogP) is 2.42. The van der Waals surface area contributed by atoms with Crippen LogP contribution in [0, 0.1) is 0 Å². The van der Waals surface area contributed by atoms with Crippen LogP contribution in [0.5, 0.6) is 5.75 Å². The van der Waals surface area contributed by atoms with Crippen molar-refractivity contribution < 1.29 is 22.7 Å². The molecule has 0 radical (unpaired) electrons. The molecular formula is C7H2BrClF3NO3. The number of H-pyrrole nitrogens is 1. The first-order valence-electron chi connectivity index (χ1n) is 3.59. The maximum Gasteiger partial charge on any atom is 0.573 e. The van der Waals surface area contributed by atoms with Crippen molar-refractivity contribution in [1.29, 1.82) is 0 Å². The summed E-state index contributed by atoms with van der Waals surface area (Å²) in [7, 11) is 0. The van der Waals surface area contributed by atoms with Gasteiger partial charge in [0.1, 0.15) is 0 Å². The molecule has 1 aromatic rings. The first kappa shape index (κ1) is 13.0. The number of carbonyl (C=O) groups excluding carboxylic acids is 1. The summed E-state index contributed by atoms with van der Waals surface area (Å²) in [5.41, 5.74) is -1.47. The van der Waals surface area contributed by atoms with E-state index in [0.29, 0.717) is 0 Å². The van der Waals surface area contributed by atoms with E-state index in [1.54, 1.807) is 0 Å². The SMILES string of the molecule is O=C(Cl)c1c[nH]c(=O)c(OC(F)(F)F)c1Br. The highest BCUT2D eigenvalue weighted by molar-refractivity contribution is 9.10. The summed E-state index contributed by atoms with van der Waals surface area (Å²) in [6.45, 7) is 0. The molecule has 88 valence electrons. The van der Waals surface area contributed by atoms with Crippen LogP contribution in [-0.4, -0.2) is 16.6 Å². The second-order valence-corrected chi connectivity index (χ2v) is 3.63. The van der Waals surface area contributed by atoms with Gasteiger partial charge in [-0.3, -0.25) is 9.59 Å². The zero-order chi connectivity index (χ0) is 12.5. The fraction of sp³-hybridized carbons (Fsp3) is 0.143. The lowest BCUT2D eigenvalue weighted by Gasteiger charge is -2.10. The molecule has 9 heteroatoms. The zero-order valence-electron chi connectivity index (χ0n) is 7.19. The van der Waals surface area contributed by atoms with E-state index in [1.165, 1.54) is 0 Å². The molecule has 0 saturated heterocycles. The molecule has 4 nitrogen and oxygen atoms in total. The molecule has 0 atom stereocenters. The van der Waals surface area contributed by atoms with Gasteiger partial charge >= 0.3 is 6.36 Å². The lowest BCUT2D eigenvalue weighted by atomic mass is 10.3. The summed E-state index contributed by atoms with van der Waals surface area (Å²) in [5, 5.41) is -1.03. The Morgan fingerprint density at radius 1 is 1.50 bits per heavy atom. The van der Waals surface area contributed by atoms with Crippen LogP contribution in [0.15, 0.2) is 15.5 Å². The van der Waals surface area contributed by atoms with Crippen LogP contribution in [0.4, 0.5) is 13.2 Å². The van der Waals surface area contributed by atoms with Crippen LogP contribution >= 0.6 is 27.5 Å². The van der Waals surface area contributed by atoms with Gasteiger partial charge in [-0.1, -0.05) is 0 Å². The average Bonchev–Trinajstić information content (AvgIpc) is 2.10. The number of nitrogens with one attached hydrogen (secondary N) is 1. The third-order valence-electron chi connectivity index (χ3n) is 1.42. The Balaban J connectivity index is 3.33. The van der Waals surface area contributed by atoms with Gasteiger partial charge in [0.2, 0.25) is 5.75 Å². The van der Waals surface area contributed by atoms with E-state index < -0.39 is 27.4 Å².